The highest BCUT2D eigenvalue weighted by Gasteiger charge is 2.51. The molecule has 1 N–H and O–H groups in total. The van der Waals surface area contributed by atoms with Crippen molar-refractivity contribution in [2.45, 2.75) is 50.6 Å². The maximum absolute atomic E-state index is 11.8. The molecule has 2 fully saturated rings. The van der Waals surface area contributed by atoms with Crippen molar-refractivity contribution in [3.8, 4) is 0 Å². The predicted octanol–water partition coefficient (Wildman–Crippen LogP) is 1.96. The van der Waals surface area contributed by atoms with Gasteiger partial charge in [-0.1, -0.05) is 13.0 Å². The van der Waals surface area contributed by atoms with Gasteiger partial charge in [0, 0.05) is 6.42 Å². The first kappa shape index (κ1) is 14.5. The van der Waals surface area contributed by atoms with Crippen molar-refractivity contribution in [2.24, 2.45) is 5.92 Å². The molecule has 0 saturated carbocycles. The van der Waals surface area contributed by atoms with Crippen LogP contribution in [0, 0.1) is 5.92 Å². The van der Waals surface area contributed by atoms with Gasteiger partial charge in [-0.2, -0.15) is 0 Å². The second-order valence-corrected chi connectivity index (χ2v) is 5.31. The SMILES string of the molecule is C=CCC1CCC(C)[C@](CC2OCCO2)(C(=O)O)O1. The maximum Gasteiger partial charge on any atom is 0.336 e. The molecule has 0 aromatic rings. The van der Waals surface area contributed by atoms with Crippen LogP contribution in [0.5, 0.6) is 0 Å². The second kappa shape index (κ2) is 6.03. The van der Waals surface area contributed by atoms with Gasteiger partial charge >= 0.3 is 5.97 Å². The van der Waals surface area contributed by atoms with Crippen LogP contribution in [-0.2, 0) is 19.0 Å². The van der Waals surface area contributed by atoms with Gasteiger partial charge in [0.05, 0.1) is 19.3 Å². The Morgan fingerprint density at radius 2 is 2.11 bits per heavy atom. The van der Waals surface area contributed by atoms with Gasteiger partial charge in [-0.05, 0) is 25.2 Å². The van der Waals surface area contributed by atoms with Crippen LogP contribution in [0.1, 0.15) is 32.6 Å². The van der Waals surface area contributed by atoms with Gasteiger partial charge < -0.3 is 19.3 Å². The number of rotatable bonds is 5. The molecule has 2 saturated heterocycles. The van der Waals surface area contributed by atoms with E-state index < -0.39 is 17.9 Å². The number of carboxylic acid groups (broad SMARTS) is 1. The van der Waals surface area contributed by atoms with Crippen LogP contribution in [0.25, 0.3) is 0 Å². The van der Waals surface area contributed by atoms with Crippen LogP contribution >= 0.6 is 0 Å². The quantitative estimate of drug-likeness (QED) is 0.774. The number of carbonyl (C=O) groups is 1. The van der Waals surface area contributed by atoms with E-state index in [1.807, 2.05) is 6.92 Å². The molecule has 0 bridgehead atoms. The van der Waals surface area contributed by atoms with Gasteiger partial charge in [-0.3, -0.25) is 0 Å². The fraction of sp³-hybridized carbons (Fsp3) is 0.786. The molecule has 5 heteroatoms. The van der Waals surface area contributed by atoms with Crippen molar-refractivity contribution in [3.63, 3.8) is 0 Å². The van der Waals surface area contributed by atoms with Gasteiger partial charge in [0.25, 0.3) is 0 Å². The summed E-state index contributed by atoms with van der Waals surface area (Å²) in [6.07, 6.45) is 3.85. The van der Waals surface area contributed by atoms with E-state index in [0.29, 0.717) is 19.6 Å². The number of aliphatic carboxylic acids is 1. The van der Waals surface area contributed by atoms with Gasteiger partial charge in [-0.25, -0.2) is 4.79 Å². The summed E-state index contributed by atoms with van der Waals surface area (Å²) in [5.74, 6) is -0.980. The molecule has 0 radical (unpaired) electrons. The first-order valence-corrected chi connectivity index (χ1v) is 6.84. The van der Waals surface area contributed by atoms with Gasteiger partial charge in [0.15, 0.2) is 11.9 Å². The largest absolute Gasteiger partial charge is 0.479 e. The lowest BCUT2D eigenvalue weighted by atomic mass is 9.78. The summed E-state index contributed by atoms with van der Waals surface area (Å²) < 4.78 is 16.7. The average molecular weight is 270 g/mol. The molecule has 2 aliphatic rings. The minimum absolute atomic E-state index is 0.0566. The first-order valence-electron chi connectivity index (χ1n) is 6.84. The zero-order valence-electron chi connectivity index (χ0n) is 11.3. The zero-order valence-corrected chi connectivity index (χ0v) is 11.3. The van der Waals surface area contributed by atoms with E-state index in [4.69, 9.17) is 14.2 Å². The summed E-state index contributed by atoms with van der Waals surface area (Å²) in [6.45, 7) is 6.65. The van der Waals surface area contributed by atoms with Crippen LogP contribution in [0.3, 0.4) is 0 Å². The third-order valence-corrected chi connectivity index (χ3v) is 4.05. The summed E-state index contributed by atoms with van der Waals surface area (Å²) in [5.41, 5.74) is -1.21. The van der Waals surface area contributed by atoms with E-state index >= 15 is 0 Å². The van der Waals surface area contributed by atoms with Gasteiger partial charge in [0.2, 0.25) is 0 Å². The highest BCUT2D eigenvalue weighted by molar-refractivity contribution is 5.78. The van der Waals surface area contributed by atoms with Crippen LogP contribution in [0.15, 0.2) is 12.7 Å². The minimum Gasteiger partial charge on any atom is -0.479 e. The summed E-state index contributed by atoms with van der Waals surface area (Å²) in [7, 11) is 0. The summed E-state index contributed by atoms with van der Waals surface area (Å²) in [4.78, 5) is 11.8. The van der Waals surface area contributed by atoms with Crippen molar-refractivity contribution in [3.05, 3.63) is 12.7 Å². The fourth-order valence-corrected chi connectivity index (χ4v) is 2.86. The summed E-state index contributed by atoms with van der Waals surface area (Å²) >= 11 is 0. The molecular weight excluding hydrogens is 248 g/mol. The van der Waals surface area contributed by atoms with E-state index in [2.05, 4.69) is 6.58 Å². The van der Waals surface area contributed by atoms with E-state index in [9.17, 15) is 9.90 Å². The number of ether oxygens (including phenoxy) is 3. The molecule has 108 valence electrons. The van der Waals surface area contributed by atoms with Gasteiger partial charge in [0.1, 0.15) is 0 Å². The molecule has 0 spiro atoms. The third-order valence-electron chi connectivity index (χ3n) is 4.05. The zero-order chi connectivity index (χ0) is 13.9. The second-order valence-electron chi connectivity index (χ2n) is 5.31. The monoisotopic (exact) mass is 270 g/mol. The first-order chi connectivity index (χ1) is 9.08. The maximum atomic E-state index is 11.8. The van der Waals surface area contributed by atoms with Crippen molar-refractivity contribution in [1.29, 1.82) is 0 Å². The predicted molar refractivity (Wildman–Crippen MR) is 68.8 cm³/mol. The number of carboxylic acids is 1. The number of hydrogen-bond acceptors (Lipinski definition) is 4. The van der Waals surface area contributed by atoms with Crippen molar-refractivity contribution >= 4 is 5.97 Å². The molecule has 0 aliphatic carbocycles. The molecule has 2 unspecified atom stereocenters. The Kier molecular flexibility index (Phi) is 4.60. The van der Waals surface area contributed by atoms with E-state index in [1.54, 1.807) is 6.08 Å². The Bertz CT molecular complexity index is 337. The van der Waals surface area contributed by atoms with Crippen LogP contribution in [0.4, 0.5) is 0 Å². The summed E-state index contributed by atoms with van der Waals surface area (Å²) in [6, 6.07) is 0. The Morgan fingerprint density at radius 3 is 2.68 bits per heavy atom. The Morgan fingerprint density at radius 1 is 1.42 bits per heavy atom. The molecule has 0 aromatic carbocycles. The number of hydrogen-bond donors (Lipinski definition) is 1. The smallest absolute Gasteiger partial charge is 0.336 e. The molecule has 0 amide bonds. The molecule has 2 heterocycles. The van der Waals surface area contributed by atoms with Gasteiger partial charge in [-0.15, -0.1) is 6.58 Å². The van der Waals surface area contributed by atoms with E-state index in [-0.39, 0.29) is 18.4 Å². The van der Waals surface area contributed by atoms with Crippen LogP contribution < -0.4 is 0 Å². The average Bonchev–Trinajstić information content (AvgIpc) is 2.86. The van der Waals surface area contributed by atoms with Crippen molar-refractivity contribution < 1.29 is 24.1 Å². The van der Waals surface area contributed by atoms with E-state index in [0.717, 1.165) is 12.8 Å². The normalized spacial score (nSPS) is 36.3. The van der Waals surface area contributed by atoms with Crippen LogP contribution in [-0.4, -0.2) is 42.3 Å². The van der Waals surface area contributed by atoms with Crippen molar-refractivity contribution in [2.75, 3.05) is 13.2 Å². The fourth-order valence-electron chi connectivity index (χ4n) is 2.86. The molecular formula is C14H22O5. The lowest BCUT2D eigenvalue weighted by Crippen LogP contribution is -2.54. The Hall–Kier alpha value is -0.910. The molecule has 0 aromatic heterocycles. The Labute approximate surface area is 113 Å². The molecule has 2 rings (SSSR count). The highest BCUT2D eigenvalue weighted by Crippen LogP contribution is 2.39. The van der Waals surface area contributed by atoms with Crippen molar-refractivity contribution in [1.82, 2.24) is 0 Å². The molecule has 19 heavy (non-hydrogen) atoms. The lowest BCUT2D eigenvalue weighted by molar-refractivity contribution is -0.214. The third kappa shape index (κ3) is 2.99. The molecule has 3 atom stereocenters. The van der Waals surface area contributed by atoms with Crippen LogP contribution in [0.2, 0.25) is 0 Å². The molecule has 5 nitrogen and oxygen atoms in total. The molecule has 2 aliphatic heterocycles. The summed E-state index contributed by atoms with van der Waals surface area (Å²) in [5, 5.41) is 9.64. The Balaban J connectivity index is 2.14. The standard InChI is InChI=1S/C14H22O5/c1-3-4-11-6-5-10(2)14(19-11,13(15)16)9-12-17-7-8-18-12/h3,10-12H,1,4-9H2,2H3,(H,15,16)/t10?,11?,14-/m1/s1. The highest BCUT2D eigenvalue weighted by atomic mass is 16.7. The minimum atomic E-state index is -1.21. The topological polar surface area (TPSA) is 65.0 Å². The van der Waals surface area contributed by atoms with E-state index in [1.165, 1.54) is 0 Å². The lowest BCUT2D eigenvalue weighted by Gasteiger charge is -2.43.